The Morgan fingerprint density at radius 3 is 2.19 bits per heavy atom. The molecule has 0 saturated carbocycles. The van der Waals surface area contributed by atoms with Crippen LogP contribution in [0.4, 0.5) is 18.9 Å². The molecule has 168 valence electrons. The predicted molar refractivity (Wildman–Crippen MR) is 111 cm³/mol. The molecule has 3 aromatic carbocycles. The Balaban J connectivity index is 1.96. The average Bonchev–Trinajstić information content (AvgIpc) is 2.77. The number of anilines is 1. The van der Waals surface area contributed by atoms with E-state index in [1.807, 2.05) is 0 Å². The van der Waals surface area contributed by atoms with E-state index in [1.54, 1.807) is 6.07 Å². The van der Waals surface area contributed by atoms with Crippen LogP contribution in [0.25, 0.3) is 0 Å². The molecule has 0 aliphatic heterocycles. The molecule has 6 nitrogen and oxygen atoms in total. The van der Waals surface area contributed by atoms with Gasteiger partial charge in [0.2, 0.25) is 0 Å². The SMILES string of the molecule is CN(c1ccc(C(F)(F)F)cc1OCc1ccc(C(=O)O)cc1)S(=O)(=O)c1ccccc1. The van der Waals surface area contributed by atoms with Gasteiger partial charge in [0.05, 0.1) is 21.7 Å². The minimum absolute atomic E-state index is 0.0300. The van der Waals surface area contributed by atoms with E-state index in [9.17, 15) is 26.4 Å². The molecule has 0 aliphatic rings. The molecular weight excluding hydrogens is 447 g/mol. The van der Waals surface area contributed by atoms with Crippen LogP contribution in [0.15, 0.2) is 77.7 Å². The van der Waals surface area contributed by atoms with Crippen LogP contribution in [-0.2, 0) is 22.8 Å². The van der Waals surface area contributed by atoms with Crippen LogP contribution < -0.4 is 9.04 Å². The number of sulfonamides is 1. The molecule has 0 bridgehead atoms. The molecule has 3 rings (SSSR count). The van der Waals surface area contributed by atoms with E-state index in [0.717, 1.165) is 22.5 Å². The highest BCUT2D eigenvalue weighted by molar-refractivity contribution is 7.92. The molecule has 0 unspecified atom stereocenters. The Labute approximate surface area is 182 Å². The summed E-state index contributed by atoms with van der Waals surface area (Å²) in [6.45, 7) is -0.201. The molecule has 0 heterocycles. The topological polar surface area (TPSA) is 83.9 Å². The number of halogens is 3. The van der Waals surface area contributed by atoms with Crippen molar-refractivity contribution in [3.63, 3.8) is 0 Å². The van der Waals surface area contributed by atoms with Crippen molar-refractivity contribution in [3.05, 3.63) is 89.5 Å². The highest BCUT2D eigenvalue weighted by atomic mass is 32.2. The molecular formula is C22H18F3NO5S. The molecule has 0 atom stereocenters. The average molecular weight is 465 g/mol. The van der Waals surface area contributed by atoms with Crippen molar-refractivity contribution in [3.8, 4) is 5.75 Å². The maximum absolute atomic E-state index is 13.2. The smallest absolute Gasteiger partial charge is 0.416 e. The molecule has 1 N–H and O–H groups in total. The Morgan fingerprint density at radius 1 is 1.00 bits per heavy atom. The first-order valence-electron chi connectivity index (χ1n) is 9.20. The first kappa shape index (κ1) is 23.1. The van der Waals surface area contributed by atoms with Gasteiger partial charge in [-0.25, -0.2) is 13.2 Å². The fraction of sp³-hybridized carbons (Fsp3) is 0.136. The Hall–Kier alpha value is -3.53. The van der Waals surface area contributed by atoms with Crippen LogP contribution in [0.5, 0.6) is 5.75 Å². The van der Waals surface area contributed by atoms with E-state index in [1.165, 1.54) is 55.6 Å². The second-order valence-corrected chi connectivity index (χ2v) is 8.73. The van der Waals surface area contributed by atoms with Crippen LogP contribution >= 0.6 is 0 Å². The number of carboxylic acid groups (broad SMARTS) is 1. The number of carboxylic acids is 1. The van der Waals surface area contributed by atoms with Gasteiger partial charge in [-0.05, 0) is 48.0 Å². The van der Waals surface area contributed by atoms with Crippen molar-refractivity contribution < 1.29 is 36.2 Å². The van der Waals surface area contributed by atoms with Gasteiger partial charge < -0.3 is 9.84 Å². The van der Waals surface area contributed by atoms with E-state index in [0.29, 0.717) is 5.56 Å². The van der Waals surface area contributed by atoms with Crippen molar-refractivity contribution in [1.82, 2.24) is 0 Å². The summed E-state index contributed by atoms with van der Waals surface area (Å²) in [5.74, 6) is -1.41. The summed E-state index contributed by atoms with van der Waals surface area (Å²) in [7, 11) is -2.83. The number of alkyl halides is 3. The normalized spacial score (nSPS) is 11.8. The monoisotopic (exact) mass is 465 g/mol. The third-order valence-electron chi connectivity index (χ3n) is 4.62. The molecule has 0 radical (unpaired) electrons. The fourth-order valence-electron chi connectivity index (χ4n) is 2.85. The molecule has 0 saturated heterocycles. The summed E-state index contributed by atoms with van der Waals surface area (Å²) < 4.78 is 72.0. The summed E-state index contributed by atoms with van der Waals surface area (Å²) in [6, 6.07) is 15.6. The molecule has 0 aromatic heterocycles. The lowest BCUT2D eigenvalue weighted by atomic mass is 10.1. The summed E-state index contributed by atoms with van der Waals surface area (Å²) in [4.78, 5) is 10.9. The predicted octanol–water partition coefficient (Wildman–Crippen LogP) is 4.81. The minimum atomic E-state index is -4.66. The van der Waals surface area contributed by atoms with E-state index < -0.39 is 27.7 Å². The number of hydrogen-bond acceptors (Lipinski definition) is 4. The van der Waals surface area contributed by atoms with Gasteiger partial charge in [-0.15, -0.1) is 0 Å². The van der Waals surface area contributed by atoms with E-state index in [-0.39, 0.29) is 28.5 Å². The Bertz CT molecular complexity index is 1210. The van der Waals surface area contributed by atoms with Crippen molar-refractivity contribution in [2.75, 3.05) is 11.4 Å². The summed E-state index contributed by atoms with van der Waals surface area (Å²) in [5, 5.41) is 8.96. The van der Waals surface area contributed by atoms with Crippen LogP contribution in [0.3, 0.4) is 0 Å². The van der Waals surface area contributed by atoms with Gasteiger partial charge in [0, 0.05) is 7.05 Å². The van der Waals surface area contributed by atoms with Crippen molar-refractivity contribution >= 4 is 21.7 Å². The van der Waals surface area contributed by atoms with Crippen molar-refractivity contribution in [2.45, 2.75) is 17.7 Å². The van der Waals surface area contributed by atoms with Gasteiger partial charge in [0.15, 0.2) is 0 Å². The van der Waals surface area contributed by atoms with Gasteiger partial charge in [0.25, 0.3) is 10.0 Å². The third-order valence-corrected chi connectivity index (χ3v) is 6.41. The molecule has 0 spiro atoms. The zero-order chi connectivity index (χ0) is 23.5. The van der Waals surface area contributed by atoms with Crippen LogP contribution in [0.2, 0.25) is 0 Å². The fourth-order valence-corrected chi connectivity index (χ4v) is 4.08. The molecule has 3 aromatic rings. The highest BCUT2D eigenvalue weighted by Gasteiger charge is 2.33. The number of hydrogen-bond donors (Lipinski definition) is 1. The Morgan fingerprint density at radius 2 is 1.62 bits per heavy atom. The zero-order valence-corrected chi connectivity index (χ0v) is 17.5. The van der Waals surface area contributed by atoms with Crippen molar-refractivity contribution in [1.29, 1.82) is 0 Å². The molecule has 0 fully saturated rings. The second-order valence-electron chi connectivity index (χ2n) is 6.76. The summed E-state index contributed by atoms with van der Waals surface area (Å²) >= 11 is 0. The minimum Gasteiger partial charge on any atom is -0.487 e. The Kier molecular flexibility index (Phi) is 6.45. The quantitative estimate of drug-likeness (QED) is 0.542. The van der Waals surface area contributed by atoms with Gasteiger partial charge in [-0.1, -0.05) is 30.3 Å². The van der Waals surface area contributed by atoms with Crippen molar-refractivity contribution in [2.24, 2.45) is 0 Å². The number of ether oxygens (including phenoxy) is 1. The van der Waals surface area contributed by atoms with E-state index in [2.05, 4.69) is 0 Å². The second kappa shape index (κ2) is 8.91. The lowest BCUT2D eigenvalue weighted by molar-refractivity contribution is -0.137. The maximum Gasteiger partial charge on any atom is 0.416 e. The number of benzene rings is 3. The lowest BCUT2D eigenvalue weighted by Crippen LogP contribution is -2.27. The third kappa shape index (κ3) is 5.02. The van der Waals surface area contributed by atoms with Crippen LogP contribution in [0, 0.1) is 0 Å². The van der Waals surface area contributed by atoms with Gasteiger partial charge in [-0.3, -0.25) is 4.31 Å². The number of carbonyl (C=O) groups is 1. The number of nitrogens with zero attached hydrogens (tertiary/aromatic N) is 1. The van der Waals surface area contributed by atoms with Gasteiger partial charge >= 0.3 is 12.1 Å². The maximum atomic E-state index is 13.2. The van der Waals surface area contributed by atoms with Gasteiger partial charge in [0.1, 0.15) is 12.4 Å². The van der Waals surface area contributed by atoms with Gasteiger partial charge in [-0.2, -0.15) is 13.2 Å². The molecule has 0 aliphatic carbocycles. The zero-order valence-electron chi connectivity index (χ0n) is 16.7. The summed E-state index contributed by atoms with van der Waals surface area (Å²) in [6.07, 6.45) is -4.66. The molecule has 32 heavy (non-hydrogen) atoms. The number of aromatic carboxylic acids is 1. The first-order valence-corrected chi connectivity index (χ1v) is 10.6. The standard InChI is InChI=1S/C22H18F3NO5S/c1-26(32(29,30)18-5-3-2-4-6-18)19-12-11-17(22(23,24)25)13-20(19)31-14-15-7-9-16(10-8-15)21(27)28/h2-13H,14H2,1H3,(H,27,28). The van der Waals surface area contributed by atoms with E-state index in [4.69, 9.17) is 9.84 Å². The summed E-state index contributed by atoms with van der Waals surface area (Å²) in [5.41, 5.74) is -0.541. The number of rotatable bonds is 7. The van der Waals surface area contributed by atoms with E-state index >= 15 is 0 Å². The first-order chi connectivity index (χ1) is 15.0. The lowest BCUT2D eigenvalue weighted by Gasteiger charge is -2.23. The molecule has 0 amide bonds. The largest absolute Gasteiger partial charge is 0.487 e. The van der Waals surface area contributed by atoms with Crippen LogP contribution in [0.1, 0.15) is 21.5 Å². The molecule has 10 heteroatoms. The van der Waals surface area contributed by atoms with Crippen LogP contribution in [-0.4, -0.2) is 26.5 Å². The highest BCUT2D eigenvalue weighted by Crippen LogP contribution is 2.38.